The van der Waals surface area contributed by atoms with Crippen LogP contribution in [0.2, 0.25) is 0 Å². The summed E-state index contributed by atoms with van der Waals surface area (Å²) in [5.74, 6) is 0. The molecule has 0 atom stereocenters. The van der Waals surface area contributed by atoms with Gasteiger partial charge in [-0.2, -0.15) is 10.4 Å². The molecule has 0 aromatic carbocycles. The second-order valence-corrected chi connectivity index (χ2v) is 2.21. The van der Waals surface area contributed by atoms with Crippen LogP contribution in [0.15, 0.2) is 30.5 Å². The van der Waals surface area contributed by atoms with Crippen LogP contribution in [0.3, 0.4) is 0 Å². The van der Waals surface area contributed by atoms with E-state index in [9.17, 15) is 0 Å². The Morgan fingerprint density at radius 3 is 3.09 bits per heavy atom. The average Bonchev–Trinajstić information content (AvgIpc) is 2.50. The second kappa shape index (κ2) is 2.10. The van der Waals surface area contributed by atoms with Gasteiger partial charge in [0.15, 0.2) is 5.69 Å². The van der Waals surface area contributed by atoms with Crippen molar-refractivity contribution in [1.29, 1.82) is 5.26 Å². The highest BCUT2D eigenvalue weighted by Crippen LogP contribution is 2.02. The summed E-state index contributed by atoms with van der Waals surface area (Å²) >= 11 is 0. The highest BCUT2D eigenvalue weighted by Gasteiger charge is 1.93. The Hall–Kier alpha value is -1.82. The van der Waals surface area contributed by atoms with E-state index in [2.05, 4.69) is 5.10 Å². The monoisotopic (exact) mass is 143 g/mol. The number of fused-ring (bicyclic) bond motifs is 1. The number of rotatable bonds is 0. The third-order valence-corrected chi connectivity index (χ3v) is 1.50. The zero-order valence-electron chi connectivity index (χ0n) is 5.73. The van der Waals surface area contributed by atoms with Crippen molar-refractivity contribution in [3.63, 3.8) is 0 Å². The van der Waals surface area contributed by atoms with Gasteiger partial charge in [0.25, 0.3) is 0 Å². The second-order valence-electron chi connectivity index (χ2n) is 2.21. The van der Waals surface area contributed by atoms with Gasteiger partial charge in [0, 0.05) is 6.20 Å². The maximum Gasteiger partial charge on any atom is 0.161 e. The van der Waals surface area contributed by atoms with Crippen LogP contribution in [0.25, 0.3) is 5.52 Å². The minimum atomic E-state index is 0.439. The van der Waals surface area contributed by atoms with Crippen molar-refractivity contribution in [2.45, 2.75) is 0 Å². The van der Waals surface area contributed by atoms with Gasteiger partial charge in [-0.1, -0.05) is 0 Å². The summed E-state index contributed by atoms with van der Waals surface area (Å²) in [7, 11) is 0. The lowest BCUT2D eigenvalue weighted by Gasteiger charge is -1.91. The standard InChI is InChI=1S/C8H5N3/c9-6-7-3-4-8-2-1-5-11(8)10-7/h1-5H. The molecule has 0 saturated carbocycles. The van der Waals surface area contributed by atoms with Gasteiger partial charge in [-0.05, 0) is 24.3 Å². The van der Waals surface area contributed by atoms with E-state index in [1.54, 1.807) is 10.6 Å². The summed E-state index contributed by atoms with van der Waals surface area (Å²) in [6.45, 7) is 0. The third kappa shape index (κ3) is 0.849. The quantitative estimate of drug-likeness (QED) is 0.556. The van der Waals surface area contributed by atoms with Crippen LogP contribution < -0.4 is 0 Å². The SMILES string of the molecule is N#Cc1ccc2cccn2n1. The summed E-state index contributed by atoms with van der Waals surface area (Å²) in [6, 6.07) is 9.38. The molecule has 3 heteroatoms. The fourth-order valence-electron chi connectivity index (χ4n) is 0.982. The minimum Gasteiger partial charge on any atom is -0.240 e. The Balaban J connectivity index is 2.79. The molecule has 0 aliphatic carbocycles. The summed E-state index contributed by atoms with van der Waals surface area (Å²) in [5, 5.41) is 12.5. The van der Waals surface area contributed by atoms with Crippen molar-refractivity contribution < 1.29 is 0 Å². The molecule has 52 valence electrons. The Morgan fingerprint density at radius 1 is 1.36 bits per heavy atom. The van der Waals surface area contributed by atoms with Crippen molar-refractivity contribution in [2.75, 3.05) is 0 Å². The first-order chi connectivity index (χ1) is 5.40. The lowest BCUT2D eigenvalue weighted by atomic mass is 10.4. The fraction of sp³-hybridized carbons (Fsp3) is 0. The highest BCUT2D eigenvalue weighted by atomic mass is 15.2. The molecule has 0 saturated heterocycles. The zero-order valence-corrected chi connectivity index (χ0v) is 5.73. The van der Waals surface area contributed by atoms with Crippen molar-refractivity contribution in [2.24, 2.45) is 0 Å². The average molecular weight is 143 g/mol. The fourth-order valence-corrected chi connectivity index (χ4v) is 0.982. The molecule has 0 spiro atoms. The summed E-state index contributed by atoms with van der Waals surface area (Å²) < 4.78 is 1.68. The van der Waals surface area contributed by atoms with E-state index >= 15 is 0 Å². The van der Waals surface area contributed by atoms with E-state index in [1.165, 1.54) is 0 Å². The zero-order chi connectivity index (χ0) is 7.68. The van der Waals surface area contributed by atoms with Gasteiger partial charge >= 0.3 is 0 Å². The number of nitrogens with zero attached hydrogens (tertiary/aromatic N) is 3. The van der Waals surface area contributed by atoms with E-state index < -0.39 is 0 Å². The maximum atomic E-state index is 8.51. The number of hydrogen-bond acceptors (Lipinski definition) is 2. The Kier molecular flexibility index (Phi) is 1.13. The van der Waals surface area contributed by atoms with E-state index in [-0.39, 0.29) is 0 Å². The molecule has 2 aromatic heterocycles. The molecule has 0 fully saturated rings. The molecule has 3 nitrogen and oxygen atoms in total. The van der Waals surface area contributed by atoms with Crippen LogP contribution >= 0.6 is 0 Å². The largest absolute Gasteiger partial charge is 0.240 e. The molecule has 0 N–H and O–H groups in total. The topological polar surface area (TPSA) is 41.1 Å². The third-order valence-electron chi connectivity index (χ3n) is 1.50. The Bertz CT molecular complexity index is 422. The molecule has 0 unspecified atom stereocenters. The first-order valence-electron chi connectivity index (χ1n) is 3.25. The van der Waals surface area contributed by atoms with Crippen LogP contribution in [-0.4, -0.2) is 9.61 Å². The van der Waals surface area contributed by atoms with Gasteiger partial charge in [0.2, 0.25) is 0 Å². The first kappa shape index (κ1) is 5.93. The van der Waals surface area contributed by atoms with Gasteiger partial charge < -0.3 is 0 Å². The predicted octanol–water partition coefficient (Wildman–Crippen LogP) is 1.21. The lowest BCUT2D eigenvalue weighted by Crippen LogP contribution is -1.91. The van der Waals surface area contributed by atoms with Gasteiger partial charge in [0.1, 0.15) is 6.07 Å². The summed E-state index contributed by atoms with van der Waals surface area (Å²) in [4.78, 5) is 0. The molecule has 0 aliphatic rings. The van der Waals surface area contributed by atoms with E-state index in [0.29, 0.717) is 5.69 Å². The first-order valence-corrected chi connectivity index (χ1v) is 3.25. The summed E-state index contributed by atoms with van der Waals surface area (Å²) in [6.07, 6.45) is 1.82. The van der Waals surface area contributed by atoms with Crippen LogP contribution in [-0.2, 0) is 0 Å². The number of hydrogen-bond donors (Lipinski definition) is 0. The van der Waals surface area contributed by atoms with Gasteiger partial charge in [-0.15, -0.1) is 0 Å². The van der Waals surface area contributed by atoms with Gasteiger partial charge in [0.05, 0.1) is 5.52 Å². The van der Waals surface area contributed by atoms with E-state index in [0.717, 1.165) is 5.52 Å². The maximum absolute atomic E-state index is 8.51. The molecule has 2 heterocycles. The van der Waals surface area contributed by atoms with Crippen molar-refractivity contribution in [3.8, 4) is 6.07 Å². The molecule has 0 radical (unpaired) electrons. The molecular formula is C8H5N3. The molecule has 0 amide bonds. The van der Waals surface area contributed by atoms with Crippen LogP contribution in [0, 0.1) is 11.3 Å². The van der Waals surface area contributed by atoms with Crippen LogP contribution in [0.5, 0.6) is 0 Å². The highest BCUT2D eigenvalue weighted by molar-refractivity contribution is 5.46. The van der Waals surface area contributed by atoms with Crippen LogP contribution in [0.4, 0.5) is 0 Å². The van der Waals surface area contributed by atoms with Crippen molar-refractivity contribution >= 4 is 5.52 Å². The van der Waals surface area contributed by atoms with Crippen molar-refractivity contribution in [1.82, 2.24) is 9.61 Å². The number of nitriles is 1. The van der Waals surface area contributed by atoms with Gasteiger partial charge in [-0.3, -0.25) is 0 Å². The van der Waals surface area contributed by atoms with Crippen molar-refractivity contribution in [3.05, 3.63) is 36.2 Å². The van der Waals surface area contributed by atoms with Gasteiger partial charge in [-0.25, -0.2) is 4.52 Å². The number of aromatic nitrogens is 2. The lowest BCUT2D eigenvalue weighted by molar-refractivity contribution is 0.926. The molecule has 11 heavy (non-hydrogen) atoms. The Morgan fingerprint density at radius 2 is 2.27 bits per heavy atom. The molecular weight excluding hydrogens is 138 g/mol. The normalized spacial score (nSPS) is 9.73. The molecule has 0 aliphatic heterocycles. The molecule has 0 bridgehead atoms. The molecule has 2 rings (SSSR count). The molecule has 2 aromatic rings. The summed E-state index contributed by atoms with van der Waals surface area (Å²) in [5.41, 5.74) is 1.44. The minimum absolute atomic E-state index is 0.439. The van der Waals surface area contributed by atoms with Crippen LogP contribution in [0.1, 0.15) is 5.69 Å². The van der Waals surface area contributed by atoms with E-state index in [4.69, 9.17) is 5.26 Å². The Labute approximate surface area is 63.5 Å². The smallest absolute Gasteiger partial charge is 0.161 e. The predicted molar refractivity (Wildman–Crippen MR) is 39.9 cm³/mol. The van der Waals surface area contributed by atoms with E-state index in [1.807, 2.05) is 30.5 Å².